The summed E-state index contributed by atoms with van der Waals surface area (Å²) in [4.78, 5) is 14.7. The maximum atomic E-state index is 13.4. The number of aryl methyl sites for hydroxylation is 1. The zero-order chi connectivity index (χ0) is 11.7. The van der Waals surface area contributed by atoms with Gasteiger partial charge in [-0.15, -0.1) is 0 Å². The molecule has 0 bridgehead atoms. The summed E-state index contributed by atoms with van der Waals surface area (Å²) in [5.74, 6) is -0.0637. The zero-order valence-electron chi connectivity index (χ0n) is 8.20. The number of aromatic nitrogens is 2. The van der Waals surface area contributed by atoms with Crippen molar-refractivity contribution in [2.45, 2.75) is 6.92 Å². The summed E-state index contributed by atoms with van der Waals surface area (Å²) in [6.07, 6.45) is 0. The topological polar surface area (TPSA) is 56.0 Å². The van der Waals surface area contributed by atoms with E-state index >= 15 is 0 Å². The lowest BCUT2D eigenvalue weighted by molar-refractivity contribution is 0.107. The van der Waals surface area contributed by atoms with Crippen molar-refractivity contribution in [3.8, 4) is 11.5 Å². The quantitative estimate of drug-likeness (QED) is 0.757. The molecule has 0 aliphatic carbocycles. The monoisotopic (exact) mass is 240 g/mol. The average molecular weight is 241 g/mol. The Balaban J connectivity index is 2.45. The summed E-state index contributed by atoms with van der Waals surface area (Å²) < 4.78 is 18.3. The molecule has 6 heteroatoms. The number of benzene rings is 1. The first-order chi connectivity index (χ1) is 7.58. The Kier molecular flexibility index (Phi) is 2.70. The lowest BCUT2D eigenvalue weighted by Gasteiger charge is -1.98. The van der Waals surface area contributed by atoms with Gasteiger partial charge in [0.05, 0.1) is 5.56 Å². The van der Waals surface area contributed by atoms with E-state index in [4.69, 9.17) is 16.1 Å². The highest BCUT2D eigenvalue weighted by Crippen LogP contribution is 2.21. The van der Waals surface area contributed by atoms with Crippen molar-refractivity contribution < 1.29 is 13.7 Å². The molecule has 0 aliphatic heterocycles. The maximum absolute atomic E-state index is 13.4. The van der Waals surface area contributed by atoms with Crippen molar-refractivity contribution in [1.29, 1.82) is 0 Å². The van der Waals surface area contributed by atoms with Gasteiger partial charge in [0.15, 0.2) is 5.82 Å². The minimum atomic E-state index is -0.842. The molecule has 1 aromatic heterocycles. The lowest BCUT2D eigenvalue weighted by atomic mass is 10.1. The van der Waals surface area contributed by atoms with Crippen molar-refractivity contribution >= 4 is 16.8 Å². The Morgan fingerprint density at radius 2 is 2.25 bits per heavy atom. The van der Waals surface area contributed by atoms with Crippen LogP contribution in [0.2, 0.25) is 0 Å². The van der Waals surface area contributed by atoms with Crippen LogP contribution in [0.25, 0.3) is 11.5 Å². The molecule has 1 heterocycles. The van der Waals surface area contributed by atoms with Crippen LogP contribution in [0.3, 0.4) is 0 Å². The van der Waals surface area contributed by atoms with Gasteiger partial charge in [0.25, 0.3) is 11.1 Å². The van der Waals surface area contributed by atoms with Gasteiger partial charge in [-0.2, -0.15) is 4.98 Å². The van der Waals surface area contributed by atoms with Gasteiger partial charge < -0.3 is 4.52 Å². The molecular weight excluding hydrogens is 235 g/mol. The van der Waals surface area contributed by atoms with Crippen LogP contribution < -0.4 is 0 Å². The Morgan fingerprint density at radius 1 is 1.50 bits per heavy atom. The molecular formula is C10H6ClFN2O2. The minimum Gasteiger partial charge on any atom is -0.334 e. The van der Waals surface area contributed by atoms with Crippen LogP contribution >= 0.6 is 11.6 Å². The van der Waals surface area contributed by atoms with Crippen LogP contribution in [0.1, 0.15) is 16.2 Å². The van der Waals surface area contributed by atoms with E-state index in [0.717, 1.165) is 6.07 Å². The lowest BCUT2D eigenvalue weighted by Crippen LogP contribution is -1.94. The summed E-state index contributed by atoms with van der Waals surface area (Å²) >= 11 is 5.18. The molecule has 4 nitrogen and oxygen atoms in total. The molecule has 0 fully saturated rings. The van der Waals surface area contributed by atoms with Crippen molar-refractivity contribution in [2.24, 2.45) is 0 Å². The molecule has 2 aromatic rings. The molecule has 0 atom stereocenters. The molecule has 0 unspecified atom stereocenters. The second-order valence-corrected chi connectivity index (χ2v) is 3.46. The number of nitrogens with zero attached hydrogens (tertiary/aromatic N) is 2. The van der Waals surface area contributed by atoms with E-state index in [9.17, 15) is 9.18 Å². The van der Waals surface area contributed by atoms with E-state index in [1.165, 1.54) is 12.1 Å². The molecule has 1 aromatic carbocycles. The van der Waals surface area contributed by atoms with Gasteiger partial charge >= 0.3 is 0 Å². The van der Waals surface area contributed by atoms with Crippen molar-refractivity contribution in [3.63, 3.8) is 0 Å². The summed E-state index contributed by atoms with van der Waals surface area (Å²) in [5, 5.41) is 2.74. The fraction of sp³-hybridized carbons (Fsp3) is 0.100. The van der Waals surface area contributed by atoms with Crippen LogP contribution in [0.5, 0.6) is 0 Å². The third-order valence-electron chi connectivity index (χ3n) is 1.96. The van der Waals surface area contributed by atoms with E-state index in [0.29, 0.717) is 11.4 Å². The minimum absolute atomic E-state index is 0.179. The zero-order valence-corrected chi connectivity index (χ0v) is 8.95. The Hall–Kier alpha value is -1.75. The summed E-state index contributed by atoms with van der Waals surface area (Å²) in [6.45, 7) is 1.65. The van der Waals surface area contributed by atoms with Gasteiger partial charge in [0.2, 0.25) is 0 Å². The third-order valence-corrected chi connectivity index (χ3v) is 2.16. The number of hydrogen-bond acceptors (Lipinski definition) is 4. The first kappa shape index (κ1) is 10.8. The number of carbonyl (C=O) groups excluding carboxylic acids is 1. The van der Waals surface area contributed by atoms with Crippen LogP contribution in [-0.4, -0.2) is 15.4 Å². The molecule has 16 heavy (non-hydrogen) atoms. The molecule has 0 N–H and O–H groups in total. The fourth-order valence-corrected chi connectivity index (χ4v) is 1.38. The molecule has 0 saturated heterocycles. The fourth-order valence-electron chi connectivity index (χ4n) is 1.22. The predicted octanol–water partition coefficient (Wildman–Crippen LogP) is 2.56. The Bertz CT molecular complexity index is 554. The molecule has 2 rings (SSSR count). The standard InChI is InChI=1S/C10H6ClFN2O2/c1-5-13-10(16-14-5)6-2-3-7(9(11)15)8(12)4-6/h2-4H,1H3. The normalized spacial score (nSPS) is 10.4. The largest absolute Gasteiger partial charge is 0.334 e. The van der Waals surface area contributed by atoms with Crippen molar-refractivity contribution in [3.05, 3.63) is 35.4 Å². The van der Waals surface area contributed by atoms with Crippen LogP contribution in [0.15, 0.2) is 22.7 Å². The van der Waals surface area contributed by atoms with Crippen LogP contribution in [-0.2, 0) is 0 Å². The molecule has 82 valence electrons. The molecule has 0 spiro atoms. The molecule has 0 radical (unpaired) electrons. The van der Waals surface area contributed by atoms with E-state index < -0.39 is 11.1 Å². The first-order valence-electron chi connectivity index (χ1n) is 4.38. The summed E-state index contributed by atoms with van der Waals surface area (Å²) in [6, 6.07) is 3.90. The van der Waals surface area contributed by atoms with Gasteiger partial charge in [0, 0.05) is 5.56 Å². The molecule has 0 saturated carbocycles. The average Bonchev–Trinajstić information content (AvgIpc) is 2.64. The number of hydrogen-bond donors (Lipinski definition) is 0. The van der Waals surface area contributed by atoms with E-state index in [2.05, 4.69) is 10.1 Å². The van der Waals surface area contributed by atoms with E-state index in [-0.39, 0.29) is 11.5 Å². The summed E-state index contributed by atoms with van der Waals surface area (Å²) in [5.41, 5.74) is 0.224. The molecule has 0 amide bonds. The predicted molar refractivity (Wildman–Crippen MR) is 54.6 cm³/mol. The number of rotatable bonds is 2. The van der Waals surface area contributed by atoms with Crippen molar-refractivity contribution in [1.82, 2.24) is 10.1 Å². The SMILES string of the molecule is Cc1noc(-c2ccc(C(=O)Cl)c(F)c2)n1. The van der Waals surface area contributed by atoms with Gasteiger partial charge in [-0.25, -0.2) is 4.39 Å². The summed E-state index contributed by atoms with van der Waals surface area (Å²) in [7, 11) is 0. The van der Waals surface area contributed by atoms with Crippen LogP contribution in [0, 0.1) is 12.7 Å². The second-order valence-electron chi connectivity index (χ2n) is 3.12. The maximum Gasteiger partial charge on any atom is 0.258 e. The van der Waals surface area contributed by atoms with Gasteiger partial charge in [0.1, 0.15) is 5.82 Å². The Morgan fingerprint density at radius 3 is 2.75 bits per heavy atom. The van der Waals surface area contributed by atoms with Gasteiger partial charge in [-0.1, -0.05) is 5.16 Å². The second kappa shape index (κ2) is 4.02. The van der Waals surface area contributed by atoms with Crippen molar-refractivity contribution in [2.75, 3.05) is 0 Å². The van der Waals surface area contributed by atoms with E-state index in [1.807, 2.05) is 0 Å². The molecule has 0 aliphatic rings. The Labute approximate surface area is 95.0 Å². The number of carbonyl (C=O) groups is 1. The highest BCUT2D eigenvalue weighted by molar-refractivity contribution is 6.67. The third kappa shape index (κ3) is 1.94. The van der Waals surface area contributed by atoms with Crippen LogP contribution in [0.4, 0.5) is 4.39 Å². The first-order valence-corrected chi connectivity index (χ1v) is 4.76. The number of halogens is 2. The highest BCUT2D eigenvalue weighted by atomic mass is 35.5. The highest BCUT2D eigenvalue weighted by Gasteiger charge is 2.13. The van der Waals surface area contributed by atoms with Gasteiger partial charge in [-0.05, 0) is 36.7 Å². The smallest absolute Gasteiger partial charge is 0.258 e. The van der Waals surface area contributed by atoms with Gasteiger partial charge in [-0.3, -0.25) is 4.79 Å². The van der Waals surface area contributed by atoms with E-state index in [1.54, 1.807) is 6.92 Å².